The molecule has 0 saturated heterocycles. The predicted molar refractivity (Wildman–Crippen MR) is 59.8 cm³/mol. The molecule has 0 heterocycles. The van der Waals surface area contributed by atoms with Crippen molar-refractivity contribution in [3.63, 3.8) is 0 Å². The van der Waals surface area contributed by atoms with Crippen molar-refractivity contribution in [2.45, 2.75) is 51.0 Å². The standard InChI is InChI=1S/C11H21NO3/c1-15-11(8-10-13)7-5-3-2-4-6-9-12-14/h10-11H,2-9H2,1H3. The van der Waals surface area contributed by atoms with E-state index in [4.69, 9.17) is 4.74 Å². The summed E-state index contributed by atoms with van der Waals surface area (Å²) < 4.78 is 5.15. The summed E-state index contributed by atoms with van der Waals surface area (Å²) >= 11 is 0. The van der Waals surface area contributed by atoms with Crippen LogP contribution in [0.4, 0.5) is 0 Å². The van der Waals surface area contributed by atoms with Crippen LogP contribution in [0, 0.1) is 4.91 Å². The fraction of sp³-hybridized carbons (Fsp3) is 0.909. The van der Waals surface area contributed by atoms with Crippen LogP contribution in [-0.2, 0) is 9.53 Å². The lowest BCUT2D eigenvalue weighted by Crippen LogP contribution is -2.10. The van der Waals surface area contributed by atoms with Crippen molar-refractivity contribution < 1.29 is 9.53 Å². The molecule has 4 nitrogen and oxygen atoms in total. The average molecular weight is 215 g/mol. The molecule has 0 spiro atoms. The van der Waals surface area contributed by atoms with Gasteiger partial charge in [-0.15, -0.1) is 0 Å². The molecule has 0 rings (SSSR count). The van der Waals surface area contributed by atoms with Gasteiger partial charge in [0.25, 0.3) is 0 Å². The van der Waals surface area contributed by atoms with Gasteiger partial charge in [-0.05, 0) is 12.8 Å². The molecule has 0 aromatic heterocycles. The molecule has 0 aliphatic heterocycles. The average Bonchev–Trinajstić information content (AvgIpc) is 2.26. The summed E-state index contributed by atoms with van der Waals surface area (Å²) in [6.45, 7) is 0.436. The topological polar surface area (TPSA) is 55.7 Å². The van der Waals surface area contributed by atoms with E-state index in [-0.39, 0.29) is 6.10 Å². The van der Waals surface area contributed by atoms with Crippen molar-refractivity contribution in [1.29, 1.82) is 0 Å². The van der Waals surface area contributed by atoms with Gasteiger partial charge >= 0.3 is 0 Å². The number of carbonyl (C=O) groups is 1. The van der Waals surface area contributed by atoms with Crippen LogP contribution in [-0.4, -0.2) is 26.0 Å². The molecule has 88 valence electrons. The Morgan fingerprint density at radius 3 is 2.47 bits per heavy atom. The van der Waals surface area contributed by atoms with E-state index in [0.29, 0.717) is 13.0 Å². The zero-order valence-electron chi connectivity index (χ0n) is 9.48. The molecule has 0 radical (unpaired) electrons. The third-order valence-corrected chi connectivity index (χ3v) is 2.47. The molecule has 0 aromatic carbocycles. The second-order valence-electron chi connectivity index (χ2n) is 3.67. The van der Waals surface area contributed by atoms with E-state index in [0.717, 1.165) is 44.8 Å². The molecule has 1 unspecified atom stereocenters. The molecule has 1 atom stereocenters. The molecule has 0 bridgehead atoms. The fourth-order valence-corrected chi connectivity index (χ4v) is 1.52. The van der Waals surface area contributed by atoms with Gasteiger partial charge in [0.2, 0.25) is 0 Å². The van der Waals surface area contributed by atoms with Gasteiger partial charge in [0.1, 0.15) is 6.29 Å². The highest BCUT2D eigenvalue weighted by molar-refractivity contribution is 5.50. The fourth-order valence-electron chi connectivity index (χ4n) is 1.52. The molecule has 0 fully saturated rings. The van der Waals surface area contributed by atoms with Crippen LogP contribution in [0.25, 0.3) is 0 Å². The van der Waals surface area contributed by atoms with E-state index < -0.39 is 0 Å². The van der Waals surface area contributed by atoms with Crippen molar-refractivity contribution in [2.24, 2.45) is 5.18 Å². The first-order chi connectivity index (χ1) is 7.35. The number of hydrogen-bond donors (Lipinski definition) is 0. The second-order valence-corrected chi connectivity index (χ2v) is 3.67. The van der Waals surface area contributed by atoms with Crippen molar-refractivity contribution in [1.82, 2.24) is 0 Å². The predicted octanol–water partition coefficient (Wildman–Crippen LogP) is 2.70. The summed E-state index contributed by atoms with van der Waals surface area (Å²) in [5, 5.41) is 2.81. The Morgan fingerprint density at radius 1 is 1.20 bits per heavy atom. The summed E-state index contributed by atoms with van der Waals surface area (Å²) in [6.07, 6.45) is 7.74. The van der Waals surface area contributed by atoms with Crippen LogP contribution in [0.1, 0.15) is 44.9 Å². The Kier molecular flexibility index (Phi) is 10.7. The molecule has 15 heavy (non-hydrogen) atoms. The van der Waals surface area contributed by atoms with Crippen LogP contribution in [0.3, 0.4) is 0 Å². The highest BCUT2D eigenvalue weighted by Gasteiger charge is 2.05. The maximum atomic E-state index is 10.3. The molecule has 0 saturated carbocycles. The lowest BCUT2D eigenvalue weighted by molar-refractivity contribution is -0.110. The molecular formula is C11H21NO3. The first-order valence-corrected chi connectivity index (χ1v) is 5.60. The first kappa shape index (κ1) is 14.2. The summed E-state index contributed by atoms with van der Waals surface area (Å²) in [4.78, 5) is 20.1. The molecule has 0 aromatic rings. The highest BCUT2D eigenvalue weighted by atomic mass is 16.5. The second kappa shape index (κ2) is 11.3. The van der Waals surface area contributed by atoms with E-state index in [1.807, 2.05) is 0 Å². The Hall–Kier alpha value is -0.770. The van der Waals surface area contributed by atoms with E-state index in [1.54, 1.807) is 7.11 Å². The minimum atomic E-state index is 0.0825. The number of nitroso groups, excluding NO2 is 1. The van der Waals surface area contributed by atoms with E-state index in [1.165, 1.54) is 0 Å². The maximum Gasteiger partial charge on any atom is 0.122 e. The smallest absolute Gasteiger partial charge is 0.122 e. The van der Waals surface area contributed by atoms with Gasteiger partial charge in [-0.25, -0.2) is 0 Å². The van der Waals surface area contributed by atoms with Crippen molar-refractivity contribution in [3.8, 4) is 0 Å². The molecular weight excluding hydrogens is 194 g/mol. The first-order valence-electron chi connectivity index (χ1n) is 5.60. The third kappa shape index (κ3) is 9.53. The van der Waals surface area contributed by atoms with E-state index in [2.05, 4.69) is 5.18 Å². The summed E-state index contributed by atoms with van der Waals surface area (Å²) in [7, 11) is 1.64. The van der Waals surface area contributed by atoms with Gasteiger partial charge in [0, 0.05) is 13.5 Å². The van der Waals surface area contributed by atoms with Crippen LogP contribution >= 0.6 is 0 Å². The number of ether oxygens (including phenoxy) is 1. The molecule has 4 heteroatoms. The number of unbranched alkanes of at least 4 members (excludes halogenated alkanes) is 4. The number of methoxy groups -OCH3 is 1. The van der Waals surface area contributed by atoms with Gasteiger partial charge in [-0.2, -0.15) is 4.91 Å². The minimum absolute atomic E-state index is 0.0825. The summed E-state index contributed by atoms with van der Waals surface area (Å²) in [5.41, 5.74) is 0. The number of nitrogens with zero attached hydrogens (tertiary/aromatic N) is 1. The van der Waals surface area contributed by atoms with Crippen LogP contribution in [0.2, 0.25) is 0 Å². The van der Waals surface area contributed by atoms with Crippen LogP contribution in [0.5, 0.6) is 0 Å². The SMILES string of the molecule is COC(CC=O)CCCCCCCN=O. The summed E-state index contributed by atoms with van der Waals surface area (Å²) in [6, 6.07) is 0. The Labute approximate surface area is 91.4 Å². The molecule has 0 aliphatic carbocycles. The van der Waals surface area contributed by atoms with Crippen LogP contribution < -0.4 is 0 Å². The minimum Gasteiger partial charge on any atom is -0.381 e. The quantitative estimate of drug-likeness (QED) is 0.302. The monoisotopic (exact) mass is 215 g/mol. The Bertz CT molecular complexity index is 162. The van der Waals surface area contributed by atoms with Crippen molar-refractivity contribution >= 4 is 6.29 Å². The lowest BCUT2D eigenvalue weighted by Gasteiger charge is -2.11. The Balaban J connectivity index is 3.20. The number of aldehydes is 1. The number of rotatable bonds is 11. The van der Waals surface area contributed by atoms with E-state index >= 15 is 0 Å². The lowest BCUT2D eigenvalue weighted by atomic mass is 10.1. The largest absolute Gasteiger partial charge is 0.381 e. The normalized spacial score (nSPS) is 12.3. The van der Waals surface area contributed by atoms with Crippen molar-refractivity contribution in [2.75, 3.05) is 13.7 Å². The van der Waals surface area contributed by atoms with Gasteiger partial charge in [0.15, 0.2) is 0 Å². The molecule has 0 N–H and O–H groups in total. The number of carbonyl (C=O) groups excluding carboxylic acids is 1. The molecule has 0 aliphatic rings. The van der Waals surface area contributed by atoms with Gasteiger partial charge in [-0.3, -0.25) is 0 Å². The maximum absolute atomic E-state index is 10.3. The van der Waals surface area contributed by atoms with Gasteiger partial charge in [-0.1, -0.05) is 30.9 Å². The van der Waals surface area contributed by atoms with Crippen LogP contribution in [0.15, 0.2) is 5.18 Å². The third-order valence-electron chi connectivity index (χ3n) is 2.47. The zero-order valence-corrected chi connectivity index (χ0v) is 9.48. The Morgan fingerprint density at radius 2 is 1.87 bits per heavy atom. The zero-order chi connectivity index (χ0) is 11.4. The van der Waals surface area contributed by atoms with Crippen molar-refractivity contribution in [3.05, 3.63) is 4.91 Å². The molecule has 0 amide bonds. The highest BCUT2D eigenvalue weighted by Crippen LogP contribution is 2.10. The van der Waals surface area contributed by atoms with E-state index in [9.17, 15) is 9.70 Å². The summed E-state index contributed by atoms with van der Waals surface area (Å²) in [5.74, 6) is 0. The van der Waals surface area contributed by atoms with Gasteiger partial charge < -0.3 is 9.53 Å². The van der Waals surface area contributed by atoms with Gasteiger partial charge in [0.05, 0.1) is 12.6 Å². The number of hydrogen-bond acceptors (Lipinski definition) is 4.